The number of ether oxygens (including phenoxy) is 3. The molecular formula is C29H37NO8. The van der Waals surface area contributed by atoms with Gasteiger partial charge in [-0.15, -0.1) is 0 Å². The van der Waals surface area contributed by atoms with Gasteiger partial charge in [0.2, 0.25) is 0 Å². The maximum atomic E-state index is 12.6. The minimum absolute atomic E-state index is 0.0225. The fourth-order valence-electron chi connectivity index (χ4n) is 3.01. The molecule has 38 heavy (non-hydrogen) atoms. The van der Waals surface area contributed by atoms with Crippen LogP contribution in [-0.4, -0.2) is 47.7 Å². The number of carbonyl (C=O) groups is 4. The van der Waals surface area contributed by atoms with Gasteiger partial charge in [-0.25, -0.2) is 4.79 Å². The van der Waals surface area contributed by atoms with E-state index in [1.165, 1.54) is 12.1 Å². The summed E-state index contributed by atoms with van der Waals surface area (Å²) in [7, 11) is 0. The maximum absolute atomic E-state index is 12.6. The average molecular weight is 528 g/mol. The number of carboxylic acid groups (broad SMARTS) is 1. The van der Waals surface area contributed by atoms with Crippen LogP contribution in [0.25, 0.3) is 0 Å². The van der Waals surface area contributed by atoms with Gasteiger partial charge >= 0.3 is 23.9 Å². The van der Waals surface area contributed by atoms with Crippen LogP contribution in [0.5, 0.6) is 11.5 Å². The van der Waals surface area contributed by atoms with Crippen LogP contribution < -0.4 is 14.8 Å². The largest absolute Gasteiger partial charge is 0.480 e. The van der Waals surface area contributed by atoms with Crippen molar-refractivity contribution in [2.75, 3.05) is 6.54 Å². The molecule has 9 heteroatoms. The minimum atomic E-state index is -1.11. The van der Waals surface area contributed by atoms with E-state index >= 15 is 0 Å². The van der Waals surface area contributed by atoms with Gasteiger partial charge in [0.05, 0.1) is 16.4 Å². The van der Waals surface area contributed by atoms with Crippen LogP contribution in [0.4, 0.5) is 0 Å². The van der Waals surface area contributed by atoms with Crippen molar-refractivity contribution in [1.29, 1.82) is 0 Å². The summed E-state index contributed by atoms with van der Waals surface area (Å²) < 4.78 is 16.4. The molecular weight excluding hydrogens is 490 g/mol. The molecule has 0 spiro atoms. The van der Waals surface area contributed by atoms with E-state index in [-0.39, 0.29) is 24.5 Å². The minimum Gasteiger partial charge on any atom is -0.480 e. The third-order valence-corrected chi connectivity index (χ3v) is 5.35. The van der Waals surface area contributed by atoms with Gasteiger partial charge in [-0.2, -0.15) is 0 Å². The van der Waals surface area contributed by atoms with Crippen LogP contribution in [0, 0.1) is 10.8 Å². The van der Waals surface area contributed by atoms with Gasteiger partial charge in [0.25, 0.3) is 0 Å². The molecule has 0 saturated heterocycles. The quantitative estimate of drug-likeness (QED) is 0.341. The predicted octanol–water partition coefficient (Wildman–Crippen LogP) is 4.42. The molecule has 0 aliphatic heterocycles. The molecule has 0 fully saturated rings. The van der Waals surface area contributed by atoms with E-state index in [1.54, 1.807) is 84.9 Å². The summed E-state index contributed by atoms with van der Waals surface area (Å²) >= 11 is 0. The van der Waals surface area contributed by atoms with Gasteiger partial charge < -0.3 is 24.6 Å². The van der Waals surface area contributed by atoms with Crippen LogP contribution >= 0.6 is 0 Å². The van der Waals surface area contributed by atoms with Crippen LogP contribution in [-0.2, 0) is 25.5 Å². The molecule has 9 nitrogen and oxygen atoms in total. The summed E-state index contributed by atoms with van der Waals surface area (Å²) in [6.07, 6.45) is -0.561. The fourth-order valence-corrected chi connectivity index (χ4v) is 3.01. The highest BCUT2D eigenvalue weighted by Crippen LogP contribution is 2.33. The molecule has 0 amide bonds. The topological polar surface area (TPSA) is 128 Å². The smallest absolute Gasteiger partial charge is 0.338 e. The molecule has 0 radical (unpaired) electrons. The number of carboxylic acids is 1. The van der Waals surface area contributed by atoms with Crippen LogP contribution in [0.3, 0.4) is 0 Å². The average Bonchev–Trinajstić information content (AvgIpc) is 2.82. The third-order valence-electron chi connectivity index (χ3n) is 5.35. The molecule has 2 aromatic carbocycles. The zero-order valence-corrected chi connectivity index (χ0v) is 23.0. The third kappa shape index (κ3) is 9.30. The molecule has 0 aliphatic carbocycles. The highest BCUT2D eigenvalue weighted by molar-refractivity contribution is 5.89. The molecule has 1 unspecified atom stereocenters. The lowest BCUT2D eigenvalue weighted by Crippen LogP contribution is -2.42. The van der Waals surface area contributed by atoms with Gasteiger partial charge in [0.1, 0.15) is 12.1 Å². The van der Waals surface area contributed by atoms with Gasteiger partial charge in [-0.05, 0) is 84.7 Å². The summed E-state index contributed by atoms with van der Waals surface area (Å²) in [4.78, 5) is 49.2. The van der Waals surface area contributed by atoms with Crippen molar-refractivity contribution >= 4 is 23.9 Å². The number of aliphatic carboxylic acids is 1. The number of hydrogen-bond donors (Lipinski definition) is 2. The Morgan fingerprint density at radius 3 is 1.92 bits per heavy atom. The molecule has 2 aromatic rings. The number of benzene rings is 2. The molecule has 2 atom stereocenters. The Hall–Kier alpha value is -3.72. The van der Waals surface area contributed by atoms with Gasteiger partial charge in [-0.3, -0.25) is 14.4 Å². The first kappa shape index (κ1) is 30.5. The molecule has 0 bridgehead atoms. The van der Waals surface area contributed by atoms with E-state index in [4.69, 9.17) is 14.2 Å². The van der Waals surface area contributed by atoms with E-state index in [0.717, 1.165) is 0 Å². The Bertz CT molecular complexity index is 1150. The lowest BCUT2D eigenvalue weighted by molar-refractivity contribution is -0.145. The predicted molar refractivity (Wildman–Crippen MR) is 141 cm³/mol. The summed E-state index contributed by atoms with van der Waals surface area (Å²) in [5.41, 5.74) is -0.673. The zero-order chi connectivity index (χ0) is 28.7. The first-order chi connectivity index (χ1) is 17.6. The highest BCUT2D eigenvalue weighted by Gasteiger charge is 2.29. The maximum Gasteiger partial charge on any atom is 0.338 e. The van der Waals surface area contributed by atoms with Crippen molar-refractivity contribution in [3.63, 3.8) is 0 Å². The summed E-state index contributed by atoms with van der Waals surface area (Å²) in [5.74, 6) is -2.57. The Morgan fingerprint density at radius 2 is 1.39 bits per heavy atom. The van der Waals surface area contributed by atoms with E-state index in [1.807, 2.05) is 0 Å². The summed E-state index contributed by atoms with van der Waals surface area (Å²) in [6.45, 7) is 11.9. The second-order valence-electron chi connectivity index (χ2n) is 11.1. The molecule has 0 aliphatic rings. The van der Waals surface area contributed by atoms with Crippen molar-refractivity contribution in [3.05, 3.63) is 59.7 Å². The second-order valence-corrected chi connectivity index (χ2v) is 11.1. The van der Waals surface area contributed by atoms with E-state index < -0.39 is 46.9 Å². The molecule has 0 aromatic heterocycles. The van der Waals surface area contributed by atoms with Crippen molar-refractivity contribution in [2.24, 2.45) is 10.8 Å². The molecule has 2 rings (SSSR count). The van der Waals surface area contributed by atoms with Gasteiger partial charge in [0.15, 0.2) is 11.5 Å². The van der Waals surface area contributed by atoms with Crippen molar-refractivity contribution in [1.82, 2.24) is 5.32 Å². The highest BCUT2D eigenvalue weighted by atomic mass is 16.6. The van der Waals surface area contributed by atoms with Crippen molar-refractivity contribution < 1.29 is 38.5 Å². The standard InChI is InChI=1S/C29H37NO8/c1-18(36-25(33)20-11-9-8-10-12-20)17-30-21(24(31)32)15-19-13-14-22(37-26(34)28(2,3)4)23(16-19)38-27(35)29(5,6)7/h8-14,16,18,21,30H,15,17H2,1-7H3,(H,31,32)/t18?,21-/m0/s1. The number of nitrogens with one attached hydrogen (secondary N) is 1. The molecule has 0 heterocycles. The normalized spacial score (nSPS) is 13.2. The lowest BCUT2D eigenvalue weighted by Gasteiger charge is -2.22. The Labute approximate surface area is 223 Å². The van der Waals surface area contributed by atoms with Gasteiger partial charge in [-0.1, -0.05) is 24.3 Å². The number of carbonyl (C=O) groups excluding carboxylic acids is 3. The summed E-state index contributed by atoms with van der Waals surface area (Å²) in [6, 6.07) is 12.1. The molecule has 2 N–H and O–H groups in total. The molecule has 206 valence electrons. The fraction of sp³-hybridized carbons (Fsp3) is 0.448. The Balaban J connectivity index is 2.17. The number of hydrogen-bond acceptors (Lipinski definition) is 8. The van der Waals surface area contributed by atoms with Crippen LogP contribution in [0.15, 0.2) is 48.5 Å². The monoisotopic (exact) mass is 527 g/mol. The first-order valence-electron chi connectivity index (χ1n) is 12.4. The van der Waals surface area contributed by atoms with Crippen LogP contribution in [0.2, 0.25) is 0 Å². The Morgan fingerprint density at radius 1 is 0.842 bits per heavy atom. The second kappa shape index (κ2) is 12.7. The zero-order valence-electron chi connectivity index (χ0n) is 23.0. The van der Waals surface area contributed by atoms with E-state index in [9.17, 15) is 24.3 Å². The van der Waals surface area contributed by atoms with Crippen LogP contribution in [0.1, 0.15) is 64.4 Å². The molecule has 0 saturated carbocycles. The van der Waals surface area contributed by atoms with Crippen molar-refractivity contribution in [2.45, 2.75) is 67.0 Å². The summed E-state index contributed by atoms with van der Waals surface area (Å²) in [5, 5.41) is 12.7. The first-order valence-corrected chi connectivity index (χ1v) is 12.4. The van der Waals surface area contributed by atoms with E-state index in [2.05, 4.69) is 5.32 Å². The lowest BCUT2D eigenvalue weighted by atomic mass is 9.97. The number of esters is 3. The SMILES string of the molecule is CC(CN[C@@H](Cc1ccc(OC(=O)C(C)(C)C)c(OC(=O)C(C)(C)C)c1)C(=O)O)OC(=O)c1ccccc1. The van der Waals surface area contributed by atoms with E-state index in [0.29, 0.717) is 11.1 Å². The van der Waals surface area contributed by atoms with Crippen molar-refractivity contribution in [3.8, 4) is 11.5 Å². The Kier molecular flexibility index (Phi) is 10.2. The number of rotatable bonds is 10. The van der Waals surface area contributed by atoms with Gasteiger partial charge in [0, 0.05) is 6.54 Å².